The highest BCUT2D eigenvalue weighted by molar-refractivity contribution is 6.14. The highest BCUT2D eigenvalue weighted by Gasteiger charge is 2.29. The van der Waals surface area contributed by atoms with Crippen molar-refractivity contribution in [2.24, 2.45) is 15.6 Å². The van der Waals surface area contributed by atoms with Gasteiger partial charge in [-0.05, 0) is 23.3 Å². The summed E-state index contributed by atoms with van der Waals surface area (Å²) in [7, 11) is 0. The van der Waals surface area contributed by atoms with Crippen LogP contribution in [0.3, 0.4) is 0 Å². The molecule has 0 saturated carbocycles. The number of amides is 4. The number of hydrogen-bond acceptors (Lipinski definition) is 6. The monoisotopic (exact) mass is 416 g/mol. The average Bonchev–Trinajstić information content (AvgIpc) is 3.25. The van der Waals surface area contributed by atoms with E-state index in [1.807, 2.05) is 36.5 Å². The highest BCUT2D eigenvalue weighted by Crippen LogP contribution is 2.39. The molecule has 8 heteroatoms. The summed E-state index contributed by atoms with van der Waals surface area (Å²) >= 11 is 0. The van der Waals surface area contributed by atoms with Crippen LogP contribution in [0.1, 0.15) is 26.7 Å². The summed E-state index contributed by atoms with van der Waals surface area (Å²) in [5, 5.41) is 10.0. The minimum absolute atomic E-state index is 0.300. The standard InChI is InChI=1S/C23H20N4O4/c1-23(2,15-3-7-17(8-4-15)24-26-19(28)11-12-20(26)29)16-5-9-18(10-6-16)25-27-21(30)13-14-22(27)31/h3-7,9,11-14H,8,10H2,1-2H3. The Hall–Kier alpha value is -3.94. The third kappa shape index (κ3) is 3.92. The van der Waals surface area contributed by atoms with E-state index in [1.54, 1.807) is 0 Å². The van der Waals surface area contributed by atoms with Gasteiger partial charge in [0.05, 0.1) is 11.4 Å². The molecule has 0 aromatic rings. The molecule has 4 rings (SSSR count). The molecule has 0 radical (unpaired) electrons. The lowest BCUT2D eigenvalue weighted by Gasteiger charge is -2.31. The van der Waals surface area contributed by atoms with Gasteiger partial charge in [-0.2, -0.15) is 20.2 Å². The summed E-state index contributed by atoms with van der Waals surface area (Å²) in [6.07, 6.45) is 17.4. The maximum absolute atomic E-state index is 11.7. The molecule has 156 valence electrons. The molecule has 0 aromatic heterocycles. The van der Waals surface area contributed by atoms with Crippen LogP contribution in [0, 0.1) is 5.41 Å². The number of imide groups is 2. The Balaban J connectivity index is 1.44. The lowest BCUT2D eigenvalue weighted by atomic mass is 9.73. The Morgan fingerprint density at radius 3 is 1.26 bits per heavy atom. The zero-order chi connectivity index (χ0) is 22.2. The first kappa shape index (κ1) is 20.3. The normalized spacial score (nSPS) is 23.7. The van der Waals surface area contributed by atoms with Gasteiger partial charge in [-0.1, -0.05) is 38.2 Å². The molecule has 2 aliphatic heterocycles. The summed E-state index contributed by atoms with van der Waals surface area (Å²) in [5.74, 6) is -1.76. The zero-order valence-corrected chi connectivity index (χ0v) is 17.1. The Morgan fingerprint density at radius 2 is 0.968 bits per heavy atom. The molecule has 4 amide bonds. The average molecular weight is 416 g/mol. The molecule has 2 heterocycles. The molecule has 0 fully saturated rings. The maximum atomic E-state index is 11.7. The molecule has 0 spiro atoms. The van der Waals surface area contributed by atoms with Gasteiger partial charge in [0.25, 0.3) is 23.6 Å². The number of hydrazone groups is 2. The van der Waals surface area contributed by atoms with Crippen molar-refractivity contribution in [1.29, 1.82) is 0 Å². The van der Waals surface area contributed by atoms with Crippen LogP contribution in [0.15, 0.2) is 82.1 Å². The highest BCUT2D eigenvalue weighted by atomic mass is 16.2. The maximum Gasteiger partial charge on any atom is 0.274 e. The SMILES string of the molecule is CC(C)(C1=CCC(=NN2C(=O)C=CC2=O)C=C1)C1=CCC(=NN2C(=O)C=CC2=O)C=C1. The molecule has 0 atom stereocenters. The molecule has 0 saturated heterocycles. The van der Waals surface area contributed by atoms with Crippen LogP contribution in [-0.4, -0.2) is 45.1 Å². The minimum atomic E-state index is -0.441. The molecule has 0 N–H and O–H groups in total. The van der Waals surface area contributed by atoms with E-state index in [4.69, 9.17) is 0 Å². The van der Waals surface area contributed by atoms with Crippen molar-refractivity contribution in [3.8, 4) is 0 Å². The molecule has 31 heavy (non-hydrogen) atoms. The predicted octanol–water partition coefficient (Wildman–Crippen LogP) is 2.35. The van der Waals surface area contributed by atoms with E-state index in [-0.39, 0.29) is 5.41 Å². The minimum Gasteiger partial charge on any atom is -0.267 e. The molecule has 0 unspecified atom stereocenters. The van der Waals surface area contributed by atoms with Gasteiger partial charge in [0, 0.05) is 42.6 Å². The summed E-state index contributed by atoms with van der Waals surface area (Å²) in [6.45, 7) is 4.19. The Labute approximate surface area is 179 Å². The summed E-state index contributed by atoms with van der Waals surface area (Å²) in [6, 6.07) is 0. The van der Waals surface area contributed by atoms with Crippen molar-refractivity contribution in [3.63, 3.8) is 0 Å². The van der Waals surface area contributed by atoms with Gasteiger partial charge in [0.15, 0.2) is 0 Å². The largest absolute Gasteiger partial charge is 0.274 e. The quantitative estimate of drug-likeness (QED) is 0.657. The molecule has 0 bridgehead atoms. The van der Waals surface area contributed by atoms with Crippen LogP contribution in [0.4, 0.5) is 0 Å². The summed E-state index contributed by atoms with van der Waals surface area (Å²) in [4.78, 5) is 46.7. The number of carbonyl (C=O) groups is 4. The Bertz CT molecular complexity index is 1020. The Kier molecular flexibility index (Phi) is 5.06. The third-order valence-electron chi connectivity index (χ3n) is 5.45. The molecule has 2 aliphatic carbocycles. The van der Waals surface area contributed by atoms with Crippen molar-refractivity contribution in [2.75, 3.05) is 0 Å². The summed E-state index contributed by atoms with van der Waals surface area (Å²) < 4.78 is 0. The third-order valence-corrected chi connectivity index (χ3v) is 5.45. The van der Waals surface area contributed by atoms with Crippen LogP contribution < -0.4 is 0 Å². The smallest absolute Gasteiger partial charge is 0.267 e. The molecule has 4 aliphatic rings. The molecule has 8 nitrogen and oxygen atoms in total. The second-order valence-electron chi connectivity index (χ2n) is 7.84. The number of allylic oxidation sites excluding steroid dienone is 8. The number of carbonyl (C=O) groups excluding carboxylic acids is 4. The van der Waals surface area contributed by atoms with Crippen molar-refractivity contribution in [1.82, 2.24) is 10.0 Å². The van der Waals surface area contributed by atoms with Crippen LogP contribution in [0.5, 0.6) is 0 Å². The van der Waals surface area contributed by atoms with E-state index in [9.17, 15) is 19.2 Å². The van der Waals surface area contributed by atoms with Crippen LogP contribution in [0.2, 0.25) is 0 Å². The van der Waals surface area contributed by atoms with Crippen LogP contribution in [0.25, 0.3) is 0 Å². The molecular weight excluding hydrogens is 396 g/mol. The van der Waals surface area contributed by atoms with E-state index >= 15 is 0 Å². The van der Waals surface area contributed by atoms with E-state index < -0.39 is 23.6 Å². The fourth-order valence-corrected chi connectivity index (χ4v) is 3.55. The van der Waals surface area contributed by atoms with Gasteiger partial charge in [0.1, 0.15) is 0 Å². The van der Waals surface area contributed by atoms with Crippen LogP contribution in [-0.2, 0) is 19.2 Å². The van der Waals surface area contributed by atoms with Crippen molar-refractivity contribution in [3.05, 3.63) is 71.9 Å². The summed E-state index contributed by atoms with van der Waals surface area (Å²) in [5.41, 5.74) is 3.11. The van der Waals surface area contributed by atoms with E-state index in [1.165, 1.54) is 24.3 Å². The van der Waals surface area contributed by atoms with E-state index in [0.717, 1.165) is 21.2 Å². The van der Waals surface area contributed by atoms with Crippen molar-refractivity contribution in [2.45, 2.75) is 26.7 Å². The second-order valence-corrected chi connectivity index (χ2v) is 7.84. The zero-order valence-electron chi connectivity index (χ0n) is 17.1. The van der Waals surface area contributed by atoms with Gasteiger partial charge in [-0.15, -0.1) is 0 Å². The topological polar surface area (TPSA) is 99.5 Å². The van der Waals surface area contributed by atoms with E-state index in [2.05, 4.69) is 24.1 Å². The molecular formula is C23H20N4O4. The Morgan fingerprint density at radius 1 is 0.613 bits per heavy atom. The fraction of sp³-hybridized carbons (Fsp3) is 0.217. The lowest BCUT2D eigenvalue weighted by molar-refractivity contribution is -0.138. The number of hydrogen-bond donors (Lipinski definition) is 0. The van der Waals surface area contributed by atoms with Crippen molar-refractivity contribution >= 4 is 35.1 Å². The van der Waals surface area contributed by atoms with Gasteiger partial charge >= 0.3 is 0 Å². The van der Waals surface area contributed by atoms with E-state index in [0.29, 0.717) is 24.3 Å². The van der Waals surface area contributed by atoms with Crippen molar-refractivity contribution < 1.29 is 19.2 Å². The number of nitrogens with zero attached hydrogens (tertiary/aromatic N) is 4. The lowest BCUT2D eigenvalue weighted by Crippen LogP contribution is -2.26. The first-order chi connectivity index (χ1) is 14.8. The van der Waals surface area contributed by atoms with Gasteiger partial charge in [0.2, 0.25) is 0 Å². The predicted molar refractivity (Wildman–Crippen MR) is 114 cm³/mol. The second kappa shape index (κ2) is 7.71. The van der Waals surface area contributed by atoms with Gasteiger partial charge < -0.3 is 0 Å². The van der Waals surface area contributed by atoms with Gasteiger partial charge in [-0.3, -0.25) is 19.2 Å². The first-order valence-corrected chi connectivity index (χ1v) is 9.80. The fourth-order valence-electron chi connectivity index (χ4n) is 3.55. The van der Waals surface area contributed by atoms with Gasteiger partial charge in [-0.25, -0.2) is 0 Å². The first-order valence-electron chi connectivity index (χ1n) is 9.80. The molecule has 0 aromatic carbocycles. The van der Waals surface area contributed by atoms with Crippen LogP contribution >= 0.6 is 0 Å². The number of rotatable bonds is 4.